The molecule has 0 bridgehead atoms. The van der Waals surface area contributed by atoms with Gasteiger partial charge in [-0.3, -0.25) is 9.59 Å². The van der Waals surface area contributed by atoms with Gasteiger partial charge in [0.05, 0.1) is 6.10 Å². The zero-order chi connectivity index (χ0) is 25.3. The number of alkyl carbamates (subject to hydrolysis) is 1. The molecule has 186 valence electrons. The Labute approximate surface area is 191 Å². The third kappa shape index (κ3) is 22.0. The molecule has 10 heteroatoms. The first kappa shape index (κ1) is 31.5. The van der Waals surface area contributed by atoms with Crippen molar-refractivity contribution in [3.63, 3.8) is 0 Å². The van der Waals surface area contributed by atoms with E-state index in [1.54, 1.807) is 34.6 Å². The van der Waals surface area contributed by atoms with E-state index in [1.807, 2.05) is 0 Å². The maximum absolute atomic E-state index is 12.0. The van der Waals surface area contributed by atoms with E-state index in [4.69, 9.17) is 9.47 Å². The molecule has 0 aliphatic heterocycles. The van der Waals surface area contributed by atoms with Crippen LogP contribution < -0.4 is 16.0 Å². The van der Waals surface area contributed by atoms with Crippen LogP contribution in [-0.2, 0) is 28.7 Å². The van der Waals surface area contributed by atoms with Gasteiger partial charge < -0.3 is 30.2 Å². The van der Waals surface area contributed by atoms with Gasteiger partial charge in [-0.1, -0.05) is 13.3 Å². The van der Waals surface area contributed by atoms with Crippen molar-refractivity contribution < 1.29 is 33.4 Å². The third-order valence-corrected chi connectivity index (χ3v) is 3.45. The van der Waals surface area contributed by atoms with Crippen LogP contribution in [0.25, 0.3) is 0 Å². The fourth-order valence-electron chi connectivity index (χ4n) is 2.06. The van der Waals surface area contributed by atoms with Gasteiger partial charge in [0, 0.05) is 19.9 Å². The summed E-state index contributed by atoms with van der Waals surface area (Å²) < 4.78 is 10.1. The first-order valence-corrected chi connectivity index (χ1v) is 10.9. The highest BCUT2D eigenvalue weighted by molar-refractivity contribution is 5.87. The Morgan fingerprint density at radius 3 is 2.00 bits per heavy atom. The molecule has 3 N–H and O–H groups in total. The summed E-state index contributed by atoms with van der Waals surface area (Å²) in [6, 6.07) is -0.941. The van der Waals surface area contributed by atoms with Gasteiger partial charge in [-0.05, 0) is 54.4 Å². The summed E-state index contributed by atoms with van der Waals surface area (Å²) in [4.78, 5) is 56.6. The van der Waals surface area contributed by atoms with Gasteiger partial charge in [-0.15, -0.1) is 0 Å². The molecule has 32 heavy (non-hydrogen) atoms. The van der Waals surface area contributed by atoms with E-state index >= 15 is 0 Å². The normalized spacial score (nSPS) is 11.4. The van der Waals surface area contributed by atoms with E-state index in [-0.39, 0.29) is 37.2 Å². The molecule has 0 aromatic heterocycles. The standard InChI is InChI=1S/C16H28N2O6.C6H13NO/c1-10(2)23-14(21)12(8-7-11(3)19)18-13(20)9-17-15(22)24-16(4,5)6;1-3-4-5-7-6(2)8/h10,12H,7-9H2,1-6H3,(H,17,22)(H,18,20);3-5H2,1-2H3,(H,7,8). The summed E-state index contributed by atoms with van der Waals surface area (Å²) in [7, 11) is 0. The number of unbranched alkanes of at least 4 members (excludes halogenated alkanes) is 1. The van der Waals surface area contributed by atoms with E-state index in [0.717, 1.165) is 19.4 Å². The van der Waals surface area contributed by atoms with Crippen LogP contribution in [0.15, 0.2) is 0 Å². The van der Waals surface area contributed by atoms with E-state index < -0.39 is 29.6 Å². The highest BCUT2D eigenvalue weighted by Crippen LogP contribution is 2.06. The van der Waals surface area contributed by atoms with Crippen LogP contribution in [-0.4, -0.2) is 60.5 Å². The minimum atomic E-state index is -0.941. The van der Waals surface area contributed by atoms with Crippen LogP contribution in [0.4, 0.5) is 4.79 Å². The fourth-order valence-corrected chi connectivity index (χ4v) is 2.06. The largest absolute Gasteiger partial charge is 0.461 e. The van der Waals surface area contributed by atoms with Crippen molar-refractivity contribution in [3.8, 4) is 0 Å². The second-order valence-corrected chi connectivity index (χ2v) is 8.54. The Balaban J connectivity index is 0. The number of nitrogens with one attached hydrogen (secondary N) is 3. The lowest BCUT2D eigenvalue weighted by atomic mass is 10.1. The molecule has 3 amide bonds. The number of ether oxygens (including phenoxy) is 2. The molecular formula is C22H41N3O7. The van der Waals surface area contributed by atoms with Crippen LogP contribution in [0.1, 0.15) is 81.1 Å². The van der Waals surface area contributed by atoms with Crippen LogP contribution >= 0.6 is 0 Å². The zero-order valence-electron chi connectivity index (χ0n) is 20.8. The van der Waals surface area contributed by atoms with Crippen molar-refractivity contribution >= 4 is 29.7 Å². The summed E-state index contributed by atoms with van der Waals surface area (Å²) in [5.41, 5.74) is -0.675. The molecule has 0 aliphatic rings. The smallest absolute Gasteiger partial charge is 0.408 e. The van der Waals surface area contributed by atoms with Crippen molar-refractivity contribution in [1.82, 2.24) is 16.0 Å². The first-order valence-electron chi connectivity index (χ1n) is 10.9. The van der Waals surface area contributed by atoms with Crippen molar-refractivity contribution in [3.05, 3.63) is 0 Å². The van der Waals surface area contributed by atoms with Crippen LogP contribution in [0.2, 0.25) is 0 Å². The van der Waals surface area contributed by atoms with Gasteiger partial charge in [-0.2, -0.15) is 0 Å². The quantitative estimate of drug-likeness (QED) is 0.318. The molecule has 0 fully saturated rings. The zero-order valence-corrected chi connectivity index (χ0v) is 20.8. The van der Waals surface area contributed by atoms with Gasteiger partial charge in [0.1, 0.15) is 24.0 Å². The van der Waals surface area contributed by atoms with Crippen molar-refractivity contribution in [2.75, 3.05) is 13.1 Å². The SMILES string of the molecule is CC(=O)CCC(NC(=O)CNC(=O)OC(C)(C)C)C(=O)OC(C)C.CCCCNC(C)=O. The fraction of sp³-hybridized carbons (Fsp3) is 0.773. The summed E-state index contributed by atoms with van der Waals surface area (Å²) >= 11 is 0. The van der Waals surface area contributed by atoms with Crippen LogP contribution in [0.5, 0.6) is 0 Å². The molecule has 0 saturated heterocycles. The third-order valence-electron chi connectivity index (χ3n) is 3.45. The van der Waals surface area contributed by atoms with E-state index in [2.05, 4.69) is 22.9 Å². The molecule has 1 atom stereocenters. The predicted octanol–water partition coefficient (Wildman–Crippen LogP) is 2.24. The van der Waals surface area contributed by atoms with E-state index in [9.17, 15) is 24.0 Å². The number of hydrogen-bond donors (Lipinski definition) is 3. The topological polar surface area (TPSA) is 140 Å². The number of carbonyl (C=O) groups is 5. The second-order valence-electron chi connectivity index (χ2n) is 8.54. The molecule has 1 unspecified atom stereocenters. The van der Waals surface area contributed by atoms with Crippen molar-refractivity contribution in [1.29, 1.82) is 0 Å². The molecule has 0 aliphatic carbocycles. The minimum Gasteiger partial charge on any atom is -0.461 e. The molecular weight excluding hydrogens is 418 g/mol. The van der Waals surface area contributed by atoms with Crippen molar-refractivity contribution in [2.45, 2.75) is 98.8 Å². The second kappa shape index (κ2) is 17.0. The van der Waals surface area contributed by atoms with Crippen LogP contribution in [0, 0.1) is 0 Å². The number of amides is 3. The van der Waals surface area contributed by atoms with Gasteiger partial charge in [0.25, 0.3) is 0 Å². The Kier molecular flexibility index (Phi) is 16.7. The maximum atomic E-state index is 12.0. The minimum absolute atomic E-state index is 0.0680. The highest BCUT2D eigenvalue weighted by atomic mass is 16.6. The van der Waals surface area contributed by atoms with Gasteiger partial charge in [0.2, 0.25) is 11.8 Å². The van der Waals surface area contributed by atoms with Crippen molar-refractivity contribution in [2.24, 2.45) is 0 Å². The molecule has 10 nitrogen and oxygen atoms in total. The number of rotatable bonds is 11. The first-order chi connectivity index (χ1) is 14.7. The number of esters is 1. The average Bonchev–Trinajstić information content (AvgIpc) is 2.61. The average molecular weight is 460 g/mol. The summed E-state index contributed by atoms with van der Waals surface area (Å²) in [6.07, 6.45) is 1.42. The monoisotopic (exact) mass is 459 g/mol. The Morgan fingerprint density at radius 2 is 1.56 bits per heavy atom. The summed E-state index contributed by atoms with van der Waals surface area (Å²) in [6.45, 7) is 14.0. The van der Waals surface area contributed by atoms with Gasteiger partial charge >= 0.3 is 12.1 Å². The summed E-state index contributed by atoms with van der Waals surface area (Å²) in [5.74, 6) is -1.22. The van der Waals surface area contributed by atoms with Crippen LogP contribution in [0.3, 0.4) is 0 Å². The molecule has 0 heterocycles. The lowest BCUT2D eigenvalue weighted by molar-refractivity contribution is -0.151. The molecule has 0 aromatic carbocycles. The predicted molar refractivity (Wildman–Crippen MR) is 121 cm³/mol. The lowest BCUT2D eigenvalue weighted by Gasteiger charge is -2.21. The van der Waals surface area contributed by atoms with E-state index in [0.29, 0.717) is 0 Å². The highest BCUT2D eigenvalue weighted by Gasteiger charge is 2.24. The molecule has 0 rings (SSSR count). The maximum Gasteiger partial charge on any atom is 0.408 e. The molecule has 0 aromatic rings. The lowest BCUT2D eigenvalue weighted by Crippen LogP contribution is -2.47. The van der Waals surface area contributed by atoms with Gasteiger partial charge in [0.15, 0.2) is 0 Å². The molecule has 0 saturated carbocycles. The van der Waals surface area contributed by atoms with E-state index in [1.165, 1.54) is 13.8 Å². The Hall–Kier alpha value is -2.65. The molecule has 0 spiro atoms. The Morgan fingerprint density at radius 1 is 0.969 bits per heavy atom. The number of hydrogen-bond acceptors (Lipinski definition) is 7. The number of ketones is 1. The molecule has 0 radical (unpaired) electrons. The Bertz CT molecular complexity index is 613. The van der Waals surface area contributed by atoms with Gasteiger partial charge in [-0.25, -0.2) is 9.59 Å². The number of Topliss-reactive ketones (excluding diaryl/α,β-unsaturated/α-hetero) is 1. The summed E-state index contributed by atoms with van der Waals surface area (Å²) in [5, 5.41) is 7.46. The number of carbonyl (C=O) groups excluding carboxylic acids is 5.